The van der Waals surface area contributed by atoms with Crippen LogP contribution in [0, 0.1) is 19.8 Å². The standard InChI is InChI=1S/C15H27N3O/c1-5-6-14(7-8-19)9-16-11(2)15-10-17-13(4)18-12(15)3/h10-11,14,16,19H,5-9H2,1-4H3. The van der Waals surface area contributed by atoms with E-state index in [9.17, 15) is 0 Å². The van der Waals surface area contributed by atoms with E-state index in [1.54, 1.807) is 0 Å². The van der Waals surface area contributed by atoms with Crippen molar-refractivity contribution in [1.82, 2.24) is 15.3 Å². The van der Waals surface area contributed by atoms with Crippen molar-refractivity contribution in [2.24, 2.45) is 5.92 Å². The van der Waals surface area contributed by atoms with E-state index in [4.69, 9.17) is 5.11 Å². The maximum absolute atomic E-state index is 9.07. The van der Waals surface area contributed by atoms with Crippen molar-refractivity contribution in [2.75, 3.05) is 13.2 Å². The number of aliphatic hydroxyl groups excluding tert-OH is 1. The molecule has 0 aromatic carbocycles. The Balaban J connectivity index is 2.55. The van der Waals surface area contributed by atoms with Crippen LogP contribution in [0.3, 0.4) is 0 Å². The molecule has 1 rings (SSSR count). The lowest BCUT2D eigenvalue weighted by atomic mass is 9.99. The van der Waals surface area contributed by atoms with Gasteiger partial charge in [-0.3, -0.25) is 0 Å². The van der Waals surface area contributed by atoms with Crippen LogP contribution in [0.4, 0.5) is 0 Å². The number of aromatic nitrogens is 2. The van der Waals surface area contributed by atoms with Crippen molar-refractivity contribution in [2.45, 2.75) is 53.0 Å². The van der Waals surface area contributed by atoms with Gasteiger partial charge in [0, 0.05) is 30.1 Å². The Bertz CT molecular complexity index is 376. The van der Waals surface area contributed by atoms with Gasteiger partial charge in [-0.15, -0.1) is 0 Å². The van der Waals surface area contributed by atoms with E-state index in [1.165, 1.54) is 0 Å². The molecule has 4 heteroatoms. The second kappa shape index (κ2) is 8.23. The summed E-state index contributed by atoms with van der Waals surface area (Å²) >= 11 is 0. The maximum Gasteiger partial charge on any atom is 0.125 e. The van der Waals surface area contributed by atoms with E-state index < -0.39 is 0 Å². The zero-order valence-corrected chi connectivity index (χ0v) is 12.6. The number of nitrogens with zero attached hydrogens (tertiary/aromatic N) is 2. The minimum atomic E-state index is 0.249. The van der Waals surface area contributed by atoms with Crippen LogP contribution in [-0.2, 0) is 0 Å². The third kappa shape index (κ3) is 5.25. The molecule has 0 saturated heterocycles. The molecule has 1 heterocycles. The van der Waals surface area contributed by atoms with Gasteiger partial charge < -0.3 is 10.4 Å². The Labute approximate surface area is 116 Å². The lowest BCUT2D eigenvalue weighted by Crippen LogP contribution is -2.27. The molecular formula is C15H27N3O. The third-order valence-corrected chi connectivity index (χ3v) is 3.55. The highest BCUT2D eigenvalue weighted by molar-refractivity contribution is 5.19. The number of nitrogens with one attached hydrogen (secondary N) is 1. The molecule has 1 aromatic rings. The predicted molar refractivity (Wildman–Crippen MR) is 78.0 cm³/mol. The molecule has 0 spiro atoms. The Morgan fingerprint density at radius 3 is 2.63 bits per heavy atom. The Morgan fingerprint density at radius 1 is 1.32 bits per heavy atom. The van der Waals surface area contributed by atoms with E-state index in [1.807, 2.05) is 20.0 Å². The summed E-state index contributed by atoms with van der Waals surface area (Å²) in [7, 11) is 0. The largest absolute Gasteiger partial charge is 0.396 e. The topological polar surface area (TPSA) is 58.0 Å². The molecule has 0 bridgehead atoms. The highest BCUT2D eigenvalue weighted by Gasteiger charge is 2.13. The second-order valence-electron chi connectivity index (χ2n) is 5.25. The van der Waals surface area contributed by atoms with Crippen LogP contribution >= 0.6 is 0 Å². The van der Waals surface area contributed by atoms with Gasteiger partial charge in [0.15, 0.2) is 0 Å². The highest BCUT2D eigenvalue weighted by atomic mass is 16.3. The molecule has 0 radical (unpaired) electrons. The minimum absolute atomic E-state index is 0.249. The van der Waals surface area contributed by atoms with Crippen molar-refractivity contribution < 1.29 is 5.11 Å². The van der Waals surface area contributed by atoms with Gasteiger partial charge in [-0.1, -0.05) is 13.3 Å². The first-order chi connectivity index (χ1) is 9.08. The lowest BCUT2D eigenvalue weighted by Gasteiger charge is -2.21. The van der Waals surface area contributed by atoms with Crippen LogP contribution in [0.1, 0.15) is 56.2 Å². The Kier molecular flexibility index (Phi) is 6.95. The first-order valence-electron chi connectivity index (χ1n) is 7.22. The van der Waals surface area contributed by atoms with Crippen molar-refractivity contribution in [1.29, 1.82) is 0 Å². The molecule has 0 fully saturated rings. The molecule has 1 aromatic heterocycles. The van der Waals surface area contributed by atoms with Gasteiger partial charge in [0.1, 0.15) is 5.82 Å². The monoisotopic (exact) mass is 265 g/mol. The number of aliphatic hydroxyl groups is 1. The molecule has 0 aliphatic carbocycles. The van der Waals surface area contributed by atoms with Crippen LogP contribution in [0.5, 0.6) is 0 Å². The highest BCUT2D eigenvalue weighted by Crippen LogP contribution is 2.16. The fraction of sp³-hybridized carbons (Fsp3) is 0.733. The molecule has 4 nitrogen and oxygen atoms in total. The zero-order valence-electron chi connectivity index (χ0n) is 12.6. The summed E-state index contributed by atoms with van der Waals surface area (Å²) in [6, 6.07) is 0.249. The molecule has 0 aliphatic rings. The van der Waals surface area contributed by atoms with Gasteiger partial charge in [0.05, 0.1) is 0 Å². The van der Waals surface area contributed by atoms with E-state index >= 15 is 0 Å². The normalized spacial score (nSPS) is 14.4. The van der Waals surface area contributed by atoms with E-state index in [2.05, 4.69) is 29.1 Å². The van der Waals surface area contributed by atoms with Crippen LogP contribution in [-0.4, -0.2) is 28.2 Å². The first kappa shape index (κ1) is 16.1. The molecule has 2 atom stereocenters. The van der Waals surface area contributed by atoms with Crippen molar-refractivity contribution in [3.05, 3.63) is 23.3 Å². The summed E-state index contributed by atoms with van der Waals surface area (Å²) in [4.78, 5) is 8.67. The Hall–Kier alpha value is -1.00. The van der Waals surface area contributed by atoms with Gasteiger partial charge in [-0.2, -0.15) is 0 Å². The molecule has 0 saturated carbocycles. The fourth-order valence-corrected chi connectivity index (χ4v) is 2.41. The van der Waals surface area contributed by atoms with Gasteiger partial charge >= 0.3 is 0 Å². The summed E-state index contributed by atoms with van der Waals surface area (Å²) in [5.41, 5.74) is 2.20. The van der Waals surface area contributed by atoms with E-state index in [0.717, 1.165) is 42.9 Å². The number of rotatable bonds is 8. The maximum atomic E-state index is 9.07. The van der Waals surface area contributed by atoms with Crippen LogP contribution in [0.25, 0.3) is 0 Å². The van der Waals surface area contributed by atoms with Crippen LogP contribution in [0.15, 0.2) is 6.20 Å². The molecule has 19 heavy (non-hydrogen) atoms. The third-order valence-electron chi connectivity index (χ3n) is 3.55. The van der Waals surface area contributed by atoms with Crippen LogP contribution in [0.2, 0.25) is 0 Å². The van der Waals surface area contributed by atoms with Crippen molar-refractivity contribution >= 4 is 0 Å². The average molecular weight is 265 g/mol. The molecule has 0 aliphatic heterocycles. The van der Waals surface area contributed by atoms with Gasteiger partial charge in [0.2, 0.25) is 0 Å². The zero-order chi connectivity index (χ0) is 14.3. The van der Waals surface area contributed by atoms with Gasteiger partial charge in [0.25, 0.3) is 0 Å². The average Bonchev–Trinajstić information content (AvgIpc) is 2.36. The predicted octanol–water partition coefficient (Wildman–Crippen LogP) is 2.54. The van der Waals surface area contributed by atoms with Gasteiger partial charge in [-0.05, 0) is 46.1 Å². The van der Waals surface area contributed by atoms with E-state index in [0.29, 0.717) is 5.92 Å². The lowest BCUT2D eigenvalue weighted by molar-refractivity contribution is 0.245. The number of hydrogen-bond donors (Lipinski definition) is 2. The summed E-state index contributed by atoms with van der Waals surface area (Å²) < 4.78 is 0. The SMILES string of the molecule is CCCC(CCO)CNC(C)c1cnc(C)nc1C. The smallest absolute Gasteiger partial charge is 0.125 e. The number of hydrogen-bond acceptors (Lipinski definition) is 4. The molecule has 0 amide bonds. The fourth-order valence-electron chi connectivity index (χ4n) is 2.41. The quantitative estimate of drug-likeness (QED) is 0.758. The molecule has 2 N–H and O–H groups in total. The first-order valence-corrected chi connectivity index (χ1v) is 7.22. The summed E-state index contributed by atoms with van der Waals surface area (Å²) in [5.74, 6) is 1.36. The summed E-state index contributed by atoms with van der Waals surface area (Å²) in [6.45, 7) is 9.47. The van der Waals surface area contributed by atoms with Crippen molar-refractivity contribution in [3.63, 3.8) is 0 Å². The second-order valence-corrected chi connectivity index (χ2v) is 5.25. The summed E-state index contributed by atoms with van der Waals surface area (Å²) in [5, 5.41) is 12.6. The molecule has 108 valence electrons. The molecular weight excluding hydrogens is 238 g/mol. The minimum Gasteiger partial charge on any atom is -0.396 e. The number of aryl methyl sites for hydroxylation is 2. The summed E-state index contributed by atoms with van der Waals surface area (Å²) in [6.07, 6.45) is 5.10. The van der Waals surface area contributed by atoms with Gasteiger partial charge in [-0.25, -0.2) is 9.97 Å². The van der Waals surface area contributed by atoms with Crippen LogP contribution < -0.4 is 5.32 Å². The van der Waals surface area contributed by atoms with E-state index in [-0.39, 0.29) is 12.6 Å². The molecule has 2 unspecified atom stereocenters. The Morgan fingerprint density at radius 2 is 2.05 bits per heavy atom. The van der Waals surface area contributed by atoms with Crippen molar-refractivity contribution in [3.8, 4) is 0 Å².